The molecule has 0 saturated heterocycles. The second-order valence-corrected chi connectivity index (χ2v) is 4.97. The summed E-state index contributed by atoms with van der Waals surface area (Å²) < 4.78 is 5.15. The Morgan fingerprint density at radius 1 is 1.26 bits per heavy atom. The highest BCUT2D eigenvalue weighted by Crippen LogP contribution is 2.27. The molecule has 0 unspecified atom stereocenters. The Morgan fingerprint density at radius 2 is 2.11 bits per heavy atom. The van der Waals surface area contributed by atoms with Gasteiger partial charge in [0.05, 0.1) is 12.1 Å². The zero-order valence-electron chi connectivity index (χ0n) is 10.8. The minimum Gasteiger partial charge on any atom is -0.383 e. The Labute approximate surface area is 123 Å². The molecule has 0 aliphatic heterocycles. The smallest absolute Gasteiger partial charge is 0.0737 e. The van der Waals surface area contributed by atoms with E-state index in [2.05, 4.69) is 9.88 Å². The van der Waals surface area contributed by atoms with Gasteiger partial charge >= 0.3 is 0 Å². The van der Waals surface area contributed by atoms with Gasteiger partial charge in [-0.25, -0.2) is 0 Å². The van der Waals surface area contributed by atoms with Gasteiger partial charge in [0.25, 0.3) is 0 Å². The SMILES string of the molecule is COCCN(CCCl)c1ccnc2cc(Cl)ccc12. The van der Waals surface area contributed by atoms with E-state index < -0.39 is 0 Å². The van der Waals surface area contributed by atoms with Crippen molar-refractivity contribution in [3.8, 4) is 0 Å². The van der Waals surface area contributed by atoms with Gasteiger partial charge in [-0.15, -0.1) is 11.6 Å². The summed E-state index contributed by atoms with van der Waals surface area (Å²) in [6.45, 7) is 2.23. The molecule has 0 atom stereocenters. The molecule has 3 nitrogen and oxygen atoms in total. The first-order valence-corrected chi connectivity index (χ1v) is 7.01. The summed E-state index contributed by atoms with van der Waals surface area (Å²) in [5.74, 6) is 0.571. The summed E-state index contributed by atoms with van der Waals surface area (Å²) in [6, 6.07) is 7.74. The lowest BCUT2D eigenvalue weighted by atomic mass is 10.1. The number of hydrogen-bond donors (Lipinski definition) is 0. The minimum atomic E-state index is 0.571. The normalized spacial score (nSPS) is 10.9. The zero-order chi connectivity index (χ0) is 13.7. The van der Waals surface area contributed by atoms with E-state index in [1.165, 1.54) is 0 Å². The van der Waals surface area contributed by atoms with E-state index in [1.807, 2.05) is 24.3 Å². The highest BCUT2D eigenvalue weighted by Gasteiger charge is 2.10. The van der Waals surface area contributed by atoms with Crippen molar-refractivity contribution in [2.75, 3.05) is 37.6 Å². The van der Waals surface area contributed by atoms with Crippen molar-refractivity contribution in [2.24, 2.45) is 0 Å². The molecule has 0 N–H and O–H groups in total. The number of anilines is 1. The van der Waals surface area contributed by atoms with Crippen LogP contribution in [0.2, 0.25) is 5.02 Å². The van der Waals surface area contributed by atoms with Crippen molar-refractivity contribution in [3.63, 3.8) is 0 Å². The maximum atomic E-state index is 6.00. The summed E-state index contributed by atoms with van der Waals surface area (Å²) in [4.78, 5) is 6.55. The molecule has 1 aromatic heterocycles. The van der Waals surface area contributed by atoms with Crippen LogP contribution < -0.4 is 4.90 Å². The van der Waals surface area contributed by atoms with Gasteiger partial charge in [-0.2, -0.15) is 0 Å². The quantitative estimate of drug-likeness (QED) is 0.762. The third-order valence-electron chi connectivity index (χ3n) is 2.94. The number of ether oxygens (including phenoxy) is 1. The first kappa shape index (κ1) is 14.4. The predicted molar refractivity (Wildman–Crippen MR) is 81.6 cm³/mol. The van der Waals surface area contributed by atoms with Crippen LogP contribution in [0.1, 0.15) is 0 Å². The fourth-order valence-electron chi connectivity index (χ4n) is 2.04. The molecule has 2 aromatic rings. The monoisotopic (exact) mass is 298 g/mol. The molecule has 0 saturated carbocycles. The highest BCUT2D eigenvalue weighted by molar-refractivity contribution is 6.31. The zero-order valence-corrected chi connectivity index (χ0v) is 12.3. The number of hydrogen-bond acceptors (Lipinski definition) is 3. The van der Waals surface area contributed by atoms with E-state index in [9.17, 15) is 0 Å². The van der Waals surface area contributed by atoms with E-state index in [-0.39, 0.29) is 0 Å². The molecule has 0 aliphatic carbocycles. The second-order valence-electron chi connectivity index (χ2n) is 4.16. The number of methoxy groups -OCH3 is 1. The molecule has 1 heterocycles. The van der Waals surface area contributed by atoms with E-state index in [0.717, 1.165) is 29.7 Å². The van der Waals surface area contributed by atoms with E-state index in [0.29, 0.717) is 17.5 Å². The summed E-state index contributed by atoms with van der Waals surface area (Å²) in [6.07, 6.45) is 1.79. The summed E-state index contributed by atoms with van der Waals surface area (Å²) in [5.41, 5.74) is 2.00. The third kappa shape index (κ3) is 3.50. The van der Waals surface area contributed by atoms with Gasteiger partial charge in [-0.1, -0.05) is 11.6 Å². The predicted octanol–water partition coefficient (Wildman–Crippen LogP) is 3.58. The van der Waals surface area contributed by atoms with Crippen LogP contribution >= 0.6 is 23.2 Å². The van der Waals surface area contributed by atoms with E-state index in [1.54, 1.807) is 13.3 Å². The molecule has 0 amide bonds. The second kappa shape index (κ2) is 6.94. The summed E-state index contributed by atoms with van der Waals surface area (Å²) >= 11 is 11.9. The first-order chi connectivity index (χ1) is 9.26. The molecule has 102 valence electrons. The van der Waals surface area contributed by atoms with Crippen LogP contribution in [0.15, 0.2) is 30.5 Å². The Bertz CT molecular complexity index is 548. The van der Waals surface area contributed by atoms with Crippen molar-refractivity contribution >= 4 is 39.8 Å². The molecule has 2 rings (SSSR count). The van der Waals surface area contributed by atoms with Crippen LogP contribution in [0.5, 0.6) is 0 Å². The van der Waals surface area contributed by atoms with Crippen LogP contribution in [-0.4, -0.2) is 37.7 Å². The van der Waals surface area contributed by atoms with Crippen molar-refractivity contribution in [1.29, 1.82) is 0 Å². The lowest BCUT2D eigenvalue weighted by molar-refractivity contribution is 0.205. The maximum absolute atomic E-state index is 6.00. The molecule has 1 aromatic carbocycles. The number of rotatable bonds is 6. The van der Waals surface area contributed by atoms with Gasteiger partial charge in [0, 0.05) is 48.4 Å². The first-order valence-electron chi connectivity index (χ1n) is 6.10. The van der Waals surface area contributed by atoms with E-state index >= 15 is 0 Å². The van der Waals surface area contributed by atoms with Crippen LogP contribution in [0.3, 0.4) is 0 Å². The fourth-order valence-corrected chi connectivity index (χ4v) is 2.41. The number of alkyl halides is 1. The number of benzene rings is 1. The molecule has 0 spiro atoms. The third-order valence-corrected chi connectivity index (χ3v) is 3.35. The number of halogens is 2. The molecule has 0 fully saturated rings. The van der Waals surface area contributed by atoms with Gasteiger partial charge in [-0.05, 0) is 24.3 Å². The van der Waals surface area contributed by atoms with Gasteiger partial charge in [0.1, 0.15) is 0 Å². The van der Waals surface area contributed by atoms with Crippen LogP contribution in [0.25, 0.3) is 10.9 Å². The van der Waals surface area contributed by atoms with Gasteiger partial charge in [0.2, 0.25) is 0 Å². The number of nitrogens with zero attached hydrogens (tertiary/aromatic N) is 2. The summed E-state index contributed by atoms with van der Waals surface area (Å²) in [7, 11) is 1.70. The average Bonchev–Trinajstić information content (AvgIpc) is 2.42. The standard InChI is InChI=1S/C14H16Cl2N2O/c1-19-9-8-18(7-5-15)14-4-6-17-13-10-11(16)2-3-12(13)14/h2-4,6,10H,5,7-9H2,1H3. The topological polar surface area (TPSA) is 25.4 Å². The van der Waals surface area contributed by atoms with Crippen molar-refractivity contribution in [2.45, 2.75) is 0 Å². The largest absolute Gasteiger partial charge is 0.383 e. The van der Waals surface area contributed by atoms with Gasteiger partial charge in [-0.3, -0.25) is 4.98 Å². The van der Waals surface area contributed by atoms with Gasteiger partial charge in [0.15, 0.2) is 0 Å². The molecule has 0 radical (unpaired) electrons. The van der Waals surface area contributed by atoms with Crippen LogP contribution in [-0.2, 0) is 4.74 Å². The van der Waals surface area contributed by atoms with Crippen molar-refractivity contribution in [1.82, 2.24) is 4.98 Å². The summed E-state index contributed by atoms with van der Waals surface area (Å²) in [5, 5.41) is 1.77. The molecule has 0 bridgehead atoms. The molecule has 5 heteroatoms. The van der Waals surface area contributed by atoms with Gasteiger partial charge < -0.3 is 9.64 Å². The minimum absolute atomic E-state index is 0.571. The molecular formula is C14H16Cl2N2O. The van der Waals surface area contributed by atoms with Crippen molar-refractivity contribution in [3.05, 3.63) is 35.5 Å². The lowest BCUT2D eigenvalue weighted by Crippen LogP contribution is -2.29. The number of aromatic nitrogens is 1. The average molecular weight is 299 g/mol. The Morgan fingerprint density at radius 3 is 2.84 bits per heavy atom. The molecule has 0 aliphatic rings. The maximum Gasteiger partial charge on any atom is 0.0737 e. The molecule has 19 heavy (non-hydrogen) atoms. The molecular weight excluding hydrogens is 283 g/mol. The highest BCUT2D eigenvalue weighted by atomic mass is 35.5. The fraction of sp³-hybridized carbons (Fsp3) is 0.357. The van der Waals surface area contributed by atoms with Crippen LogP contribution in [0.4, 0.5) is 5.69 Å². The Kier molecular flexibility index (Phi) is 5.25. The Hall–Kier alpha value is -1.03. The van der Waals surface area contributed by atoms with E-state index in [4.69, 9.17) is 27.9 Å². The van der Waals surface area contributed by atoms with Crippen molar-refractivity contribution < 1.29 is 4.74 Å². The number of pyridine rings is 1. The Balaban J connectivity index is 2.40. The number of fused-ring (bicyclic) bond motifs is 1. The van der Waals surface area contributed by atoms with Crippen LogP contribution in [0, 0.1) is 0 Å². The lowest BCUT2D eigenvalue weighted by Gasteiger charge is -2.24.